The number of rotatable bonds is 4. The monoisotopic (exact) mass is 425 g/mol. The zero-order valence-electron chi connectivity index (χ0n) is 16.7. The zero-order valence-corrected chi connectivity index (χ0v) is 17.5. The minimum absolute atomic E-state index is 0.231. The number of benzene rings is 1. The molecule has 3 heterocycles. The number of fused-ring (bicyclic) bond motifs is 2. The van der Waals surface area contributed by atoms with Crippen LogP contribution in [0.1, 0.15) is 59.9 Å². The normalized spacial score (nSPS) is 21.4. The summed E-state index contributed by atoms with van der Waals surface area (Å²) in [5, 5.41) is 19.8. The Kier molecular flexibility index (Phi) is 4.92. The molecule has 1 aromatic carbocycles. The smallest absolute Gasteiger partial charge is 0.152 e. The van der Waals surface area contributed by atoms with Crippen LogP contribution in [0.15, 0.2) is 30.6 Å². The van der Waals surface area contributed by atoms with E-state index in [0.717, 1.165) is 47.4 Å². The number of nitrogens with two attached hydrogens (primary N) is 1. The summed E-state index contributed by atoms with van der Waals surface area (Å²) in [5.41, 5.74) is 9.39. The Morgan fingerprint density at radius 1 is 1.20 bits per heavy atom. The SMILES string of the molecule is C[C@@H]1C[C@@H](O)c2ncnc(N3CCn4c(nnc4[C@H](N)Cc4ccc(Cl)cc4)C3)c21. The van der Waals surface area contributed by atoms with Crippen molar-refractivity contribution >= 4 is 17.4 Å². The maximum atomic E-state index is 10.3. The molecule has 2 aliphatic rings. The summed E-state index contributed by atoms with van der Waals surface area (Å²) in [6.45, 7) is 4.23. The lowest BCUT2D eigenvalue weighted by Gasteiger charge is -2.31. The summed E-state index contributed by atoms with van der Waals surface area (Å²) < 4.78 is 2.12. The van der Waals surface area contributed by atoms with Crippen molar-refractivity contribution in [2.45, 2.75) is 50.9 Å². The molecule has 3 aromatic rings. The molecule has 0 bridgehead atoms. The molecule has 1 aliphatic heterocycles. The highest BCUT2D eigenvalue weighted by molar-refractivity contribution is 6.30. The van der Waals surface area contributed by atoms with Crippen LogP contribution in [0, 0.1) is 0 Å². The standard InChI is InChI=1S/C21H24ClN7O/c1-12-8-16(30)19-18(12)21(25-11-24-19)28-6-7-29-17(10-28)26-27-20(29)15(23)9-13-2-4-14(22)5-3-13/h2-5,11-12,15-16,30H,6-10,23H2,1H3/t12-,15-,16-/m1/s1. The fraction of sp³-hybridized carbons (Fsp3) is 0.429. The second-order valence-electron chi connectivity index (χ2n) is 8.13. The number of halogens is 1. The first-order valence-electron chi connectivity index (χ1n) is 10.2. The van der Waals surface area contributed by atoms with E-state index < -0.39 is 6.10 Å². The molecule has 0 fully saturated rings. The van der Waals surface area contributed by atoms with E-state index in [-0.39, 0.29) is 12.0 Å². The molecule has 3 atom stereocenters. The van der Waals surface area contributed by atoms with Gasteiger partial charge in [0.25, 0.3) is 0 Å². The number of hydrogen-bond acceptors (Lipinski definition) is 7. The van der Waals surface area contributed by atoms with Crippen molar-refractivity contribution < 1.29 is 5.11 Å². The zero-order chi connectivity index (χ0) is 20.8. The van der Waals surface area contributed by atoms with Crippen molar-refractivity contribution in [3.05, 3.63) is 64.1 Å². The first-order chi connectivity index (χ1) is 14.5. The van der Waals surface area contributed by atoms with Crippen molar-refractivity contribution in [1.29, 1.82) is 0 Å². The van der Waals surface area contributed by atoms with E-state index in [0.29, 0.717) is 24.4 Å². The van der Waals surface area contributed by atoms with Crippen LogP contribution in [0.4, 0.5) is 5.82 Å². The van der Waals surface area contributed by atoms with Crippen LogP contribution in [0.2, 0.25) is 5.02 Å². The summed E-state index contributed by atoms with van der Waals surface area (Å²) in [6.07, 6.45) is 2.40. The van der Waals surface area contributed by atoms with E-state index >= 15 is 0 Å². The molecule has 1 aliphatic carbocycles. The van der Waals surface area contributed by atoms with Gasteiger partial charge in [0.1, 0.15) is 18.0 Å². The average molecular weight is 426 g/mol. The molecule has 0 saturated carbocycles. The van der Waals surface area contributed by atoms with Gasteiger partial charge in [-0.1, -0.05) is 30.7 Å². The largest absolute Gasteiger partial charge is 0.387 e. The fourth-order valence-corrected chi connectivity index (χ4v) is 4.68. The molecule has 8 nitrogen and oxygen atoms in total. The number of aromatic nitrogens is 5. The van der Waals surface area contributed by atoms with Crippen LogP contribution < -0.4 is 10.6 Å². The maximum absolute atomic E-state index is 10.3. The summed E-state index contributed by atoms with van der Waals surface area (Å²) in [5.74, 6) is 2.80. The molecular formula is C21H24ClN7O. The summed E-state index contributed by atoms with van der Waals surface area (Å²) in [6, 6.07) is 7.49. The Bertz CT molecular complexity index is 1070. The van der Waals surface area contributed by atoms with Crippen molar-refractivity contribution in [1.82, 2.24) is 24.7 Å². The summed E-state index contributed by atoms with van der Waals surface area (Å²) in [4.78, 5) is 11.1. The lowest BCUT2D eigenvalue weighted by atomic mass is 10.0. The molecule has 9 heteroatoms. The predicted octanol–water partition coefficient (Wildman–Crippen LogP) is 2.52. The quantitative estimate of drug-likeness (QED) is 0.661. The Morgan fingerprint density at radius 3 is 2.80 bits per heavy atom. The molecule has 30 heavy (non-hydrogen) atoms. The van der Waals surface area contributed by atoms with Crippen LogP contribution in [0.25, 0.3) is 0 Å². The van der Waals surface area contributed by atoms with Gasteiger partial charge in [-0.15, -0.1) is 10.2 Å². The van der Waals surface area contributed by atoms with E-state index in [1.54, 1.807) is 6.33 Å². The van der Waals surface area contributed by atoms with E-state index in [4.69, 9.17) is 17.3 Å². The van der Waals surface area contributed by atoms with Gasteiger partial charge in [-0.25, -0.2) is 9.97 Å². The highest BCUT2D eigenvalue weighted by atomic mass is 35.5. The van der Waals surface area contributed by atoms with E-state index in [1.807, 2.05) is 24.3 Å². The van der Waals surface area contributed by atoms with Crippen molar-refractivity contribution in [2.75, 3.05) is 11.4 Å². The molecule has 5 rings (SSSR count). The third-order valence-corrected chi connectivity index (χ3v) is 6.31. The third kappa shape index (κ3) is 3.34. The Labute approximate surface area is 179 Å². The number of anilines is 1. The summed E-state index contributed by atoms with van der Waals surface area (Å²) in [7, 11) is 0. The molecule has 3 N–H and O–H groups in total. The first kappa shape index (κ1) is 19.4. The van der Waals surface area contributed by atoms with Crippen LogP contribution in [0.5, 0.6) is 0 Å². The van der Waals surface area contributed by atoms with Gasteiger partial charge >= 0.3 is 0 Å². The highest BCUT2D eigenvalue weighted by Crippen LogP contribution is 2.43. The van der Waals surface area contributed by atoms with E-state index in [9.17, 15) is 5.11 Å². The van der Waals surface area contributed by atoms with Crippen molar-refractivity contribution in [2.24, 2.45) is 5.73 Å². The Hall–Kier alpha value is -2.55. The molecule has 0 spiro atoms. The van der Waals surface area contributed by atoms with Gasteiger partial charge in [0, 0.05) is 23.7 Å². The Morgan fingerprint density at radius 2 is 2.00 bits per heavy atom. The van der Waals surface area contributed by atoms with Crippen LogP contribution >= 0.6 is 11.6 Å². The number of nitrogens with zero attached hydrogens (tertiary/aromatic N) is 6. The molecule has 0 unspecified atom stereocenters. The highest BCUT2D eigenvalue weighted by Gasteiger charge is 2.34. The van der Waals surface area contributed by atoms with Gasteiger partial charge in [0.05, 0.1) is 24.4 Å². The Balaban J connectivity index is 1.37. The molecule has 0 radical (unpaired) electrons. The summed E-state index contributed by atoms with van der Waals surface area (Å²) >= 11 is 5.97. The van der Waals surface area contributed by atoms with Crippen molar-refractivity contribution in [3.8, 4) is 0 Å². The number of aliphatic hydroxyl groups is 1. The van der Waals surface area contributed by atoms with Crippen LogP contribution in [-0.4, -0.2) is 36.4 Å². The molecule has 0 saturated heterocycles. The number of hydrogen-bond donors (Lipinski definition) is 2. The van der Waals surface area contributed by atoms with E-state index in [1.165, 1.54) is 0 Å². The third-order valence-electron chi connectivity index (χ3n) is 6.06. The topological polar surface area (TPSA) is 106 Å². The fourth-order valence-electron chi connectivity index (χ4n) is 4.56. The van der Waals surface area contributed by atoms with Gasteiger partial charge in [0.2, 0.25) is 0 Å². The predicted molar refractivity (Wildman–Crippen MR) is 113 cm³/mol. The van der Waals surface area contributed by atoms with Crippen LogP contribution in [0.3, 0.4) is 0 Å². The van der Waals surface area contributed by atoms with Gasteiger partial charge in [0.15, 0.2) is 5.82 Å². The minimum Gasteiger partial charge on any atom is -0.387 e. The van der Waals surface area contributed by atoms with Crippen LogP contribution in [-0.2, 0) is 19.5 Å². The van der Waals surface area contributed by atoms with Crippen molar-refractivity contribution in [3.63, 3.8) is 0 Å². The first-order valence-corrected chi connectivity index (χ1v) is 10.6. The van der Waals surface area contributed by atoms with Gasteiger partial charge in [-0.3, -0.25) is 0 Å². The van der Waals surface area contributed by atoms with Gasteiger partial charge < -0.3 is 20.3 Å². The average Bonchev–Trinajstić information content (AvgIpc) is 3.30. The molecule has 2 aromatic heterocycles. The van der Waals surface area contributed by atoms with Gasteiger partial charge in [-0.2, -0.15) is 0 Å². The lowest BCUT2D eigenvalue weighted by Crippen LogP contribution is -2.36. The minimum atomic E-state index is -0.511. The second-order valence-corrected chi connectivity index (χ2v) is 8.57. The number of aliphatic hydroxyl groups excluding tert-OH is 1. The molecule has 0 amide bonds. The lowest BCUT2D eigenvalue weighted by molar-refractivity contribution is 0.170. The molecule has 156 valence electrons. The van der Waals surface area contributed by atoms with Gasteiger partial charge in [-0.05, 0) is 36.5 Å². The second kappa shape index (κ2) is 7.61. The maximum Gasteiger partial charge on any atom is 0.152 e. The van der Waals surface area contributed by atoms with E-state index in [2.05, 4.69) is 36.6 Å². The molecular weight excluding hydrogens is 402 g/mol.